The number of halogens is 4. The maximum Gasteiger partial charge on any atom is 0.358 e. The molecule has 0 aromatic carbocycles. The molecular weight excluding hydrogens is 414 g/mol. The van der Waals surface area contributed by atoms with E-state index >= 15 is 0 Å². The summed E-state index contributed by atoms with van der Waals surface area (Å²) in [6, 6.07) is -1.25. The molecule has 0 aromatic rings. The molecule has 0 bridgehead atoms. The quantitative estimate of drug-likeness (QED) is 0.231. The first kappa shape index (κ1) is 24.1. The van der Waals surface area contributed by atoms with Gasteiger partial charge in [0.15, 0.2) is 0 Å². The number of alkyl halides is 4. The average Bonchev–Trinajstić information content (AvgIpc) is 2.71. The number of thiocarbonyl (C=S) groups is 1. The van der Waals surface area contributed by atoms with Gasteiger partial charge in [-0.1, -0.05) is 32.6 Å². The van der Waals surface area contributed by atoms with Crippen molar-refractivity contribution in [2.24, 2.45) is 28.7 Å². The third kappa shape index (κ3) is 6.04. The second kappa shape index (κ2) is 10.9. The Morgan fingerprint density at radius 3 is 1.97 bits per heavy atom. The first-order chi connectivity index (χ1) is 14.3. The van der Waals surface area contributed by atoms with Crippen molar-refractivity contribution >= 4 is 17.4 Å². The summed E-state index contributed by atoms with van der Waals surface area (Å²) in [5.41, 5.74) is 0. The second-order valence-corrected chi connectivity index (χ2v) is 9.88. The van der Waals surface area contributed by atoms with Crippen LogP contribution in [0.25, 0.3) is 0 Å². The van der Waals surface area contributed by atoms with Crippen molar-refractivity contribution in [3.05, 3.63) is 0 Å². The van der Waals surface area contributed by atoms with Crippen molar-refractivity contribution in [3.63, 3.8) is 0 Å². The molecule has 7 heteroatoms. The van der Waals surface area contributed by atoms with Gasteiger partial charge in [-0.15, -0.1) is 0 Å². The lowest BCUT2D eigenvalue weighted by Crippen LogP contribution is -2.46. The Bertz CT molecular complexity index is 572. The fourth-order valence-corrected chi connectivity index (χ4v) is 6.15. The Hall–Kier alpha value is -0.520. The van der Waals surface area contributed by atoms with Crippen molar-refractivity contribution in [1.82, 2.24) is 0 Å². The Labute approximate surface area is 183 Å². The van der Waals surface area contributed by atoms with Crippen molar-refractivity contribution in [3.8, 4) is 0 Å². The highest BCUT2D eigenvalue weighted by atomic mass is 32.1. The number of hydrogen-bond donors (Lipinski definition) is 0. The molecule has 0 heterocycles. The van der Waals surface area contributed by atoms with E-state index < -0.39 is 36.5 Å². The van der Waals surface area contributed by atoms with Crippen molar-refractivity contribution in [2.75, 3.05) is 0 Å². The van der Waals surface area contributed by atoms with Gasteiger partial charge in [-0.25, -0.2) is 13.8 Å². The average molecular weight is 450 g/mol. The molecule has 172 valence electrons. The maximum absolute atomic E-state index is 14.8. The van der Waals surface area contributed by atoms with E-state index in [1.54, 1.807) is 0 Å². The Balaban J connectivity index is 1.46. The lowest BCUT2D eigenvalue weighted by molar-refractivity contribution is -0.305. The summed E-state index contributed by atoms with van der Waals surface area (Å²) in [5, 5.41) is 1.99. The van der Waals surface area contributed by atoms with Crippen LogP contribution in [0, 0.1) is 23.7 Å². The van der Waals surface area contributed by atoms with Crippen LogP contribution >= 0.6 is 12.2 Å². The zero-order valence-corrected chi connectivity index (χ0v) is 18.7. The summed E-state index contributed by atoms with van der Waals surface area (Å²) in [6.45, 7) is 2.23. The summed E-state index contributed by atoms with van der Waals surface area (Å²) in [6.07, 6.45) is 1.65. The van der Waals surface area contributed by atoms with E-state index in [0.717, 1.165) is 18.8 Å². The lowest BCUT2D eigenvalue weighted by Gasteiger charge is -2.40. The molecule has 0 saturated heterocycles. The number of aliphatic imine (C=N–C) groups is 1. The van der Waals surface area contributed by atoms with Crippen LogP contribution in [0.1, 0.15) is 84.0 Å². The summed E-state index contributed by atoms with van der Waals surface area (Å²) in [7, 11) is 0. The van der Waals surface area contributed by atoms with Gasteiger partial charge in [0.2, 0.25) is 0 Å². The zero-order chi connectivity index (χ0) is 21.7. The highest BCUT2D eigenvalue weighted by Gasteiger charge is 2.48. The Morgan fingerprint density at radius 1 is 0.933 bits per heavy atom. The molecule has 3 aliphatic carbocycles. The predicted octanol–water partition coefficient (Wildman–Crippen LogP) is 7.32. The third-order valence-electron chi connectivity index (χ3n) is 7.74. The Kier molecular flexibility index (Phi) is 8.74. The van der Waals surface area contributed by atoms with Crippen LogP contribution in [-0.2, 0) is 4.74 Å². The summed E-state index contributed by atoms with van der Waals surface area (Å²) >= 11 is 4.41. The SMILES string of the molecule is CCCC1CCC(C2CCC(C(F)(F)OC3CC(F)C(N=C=S)C(F)C3)CC2)CC1. The van der Waals surface area contributed by atoms with Crippen molar-refractivity contribution in [1.29, 1.82) is 0 Å². The van der Waals surface area contributed by atoms with E-state index in [1.165, 1.54) is 38.5 Å². The van der Waals surface area contributed by atoms with Gasteiger partial charge in [0.1, 0.15) is 18.4 Å². The number of hydrogen-bond acceptors (Lipinski definition) is 3. The van der Waals surface area contributed by atoms with Gasteiger partial charge in [0.25, 0.3) is 0 Å². The van der Waals surface area contributed by atoms with E-state index in [9.17, 15) is 17.6 Å². The van der Waals surface area contributed by atoms with Crippen LogP contribution in [0.2, 0.25) is 0 Å². The molecular formula is C23H35F4NOS. The van der Waals surface area contributed by atoms with Gasteiger partial charge in [-0.3, -0.25) is 0 Å². The summed E-state index contributed by atoms with van der Waals surface area (Å²) in [4.78, 5) is 3.51. The predicted molar refractivity (Wildman–Crippen MR) is 113 cm³/mol. The van der Waals surface area contributed by atoms with Gasteiger partial charge < -0.3 is 4.74 Å². The van der Waals surface area contributed by atoms with E-state index in [2.05, 4.69) is 24.1 Å². The van der Waals surface area contributed by atoms with Crippen LogP contribution in [0.3, 0.4) is 0 Å². The molecule has 0 radical (unpaired) electrons. The smallest absolute Gasteiger partial charge is 0.317 e. The van der Waals surface area contributed by atoms with E-state index in [4.69, 9.17) is 4.74 Å². The van der Waals surface area contributed by atoms with Crippen molar-refractivity contribution in [2.45, 2.75) is 115 Å². The molecule has 3 aliphatic rings. The van der Waals surface area contributed by atoms with E-state index in [0.29, 0.717) is 24.7 Å². The first-order valence-corrected chi connectivity index (χ1v) is 12.2. The number of isothiocyanates is 1. The molecule has 0 spiro atoms. The van der Waals surface area contributed by atoms with Crippen LogP contribution < -0.4 is 0 Å². The normalized spacial score (nSPS) is 40.6. The van der Waals surface area contributed by atoms with Gasteiger partial charge >= 0.3 is 6.11 Å². The minimum Gasteiger partial charge on any atom is -0.317 e. The summed E-state index contributed by atoms with van der Waals surface area (Å²) < 4.78 is 62.8. The van der Waals surface area contributed by atoms with Gasteiger partial charge in [-0.2, -0.15) is 8.78 Å². The van der Waals surface area contributed by atoms with Crippen molar-refractivity contribution < 1.29 is 22.3 Å². The fraction of sp³-hybridized carbons (Fsp3) is 0.957. The summed E-state index contributed by atoms with van der Waals surface area (Å²) in [5.74, 6) is 1.19. The van der Waals surface area contributed by atoms with E-state index in [1.807, 2.05) is 5.16 Å². The van der Waals surface area contributed by atoms with Crippen LogP contribution in [-0.4, -0.2) is 35.8 Å². The largest absolute Gasteiger partial charge is 0.358 e. The topological polar surface area (TPSA) is 21.6 Å². The molecule has 0 aliphatic heterocycles. The molecule has 30 heavy (non-hydrogen) atoms. The Morgan fingerprint density at radius 2 is 1.47 bits per heavy atom. The standard InChI is InChI=1S/C23H35F4NOS/c1-2-3-15-4-6-16(7-5-15)17-8-10-18(11-9-17)23(26,27)29-19-12-20(24)22(28-14-30)21(25)13-19/h15-22H,2-13H2,1H3. The molecule has 3 saturated carbocycles. The molecule has 3 fully saturated rings. The van der Waals surface area contributed by atoms with Crippen LogP contribution in [0.5, 0.6) is 0 Å². The number of ether oxygens (including phenoxy) is 1. The number of rotatable bonds is 7. The minimum absolute atomic E-state index is 0.280. The first-order valence-electron chi connectivity index (χ1n) is 11.7. The molecule has 3 rings (SSSR count). The van der Waals surface area contributed by atoms with Crippen LogP contribution in [0.4, 0.5) is 17.6 Å². The maximum atomic E-state index is 14.8. The molecule has 0 aromatic heterocycles. The molecule has 0 N–H and O–H groups in total. The molecule has 2 nitrogen and oxygen atoms in total. The van der Waals surface area contributed by atoms with Gasteiger partial charge in [0, 0.05) is 12.8 Å². The highest BCUT2D eigenvalue weighted by Crippen LogP contribution is 2.46. The number of nitrogens with zero attached hydrogens (tertiary/aromatic N) is 1. The minimum atomic E-state index is -3.34. The van der Waals surface area contributed by atoms with E-state index in [-0.39, 0.29) is 12.8 Å². The highest BCUT2D eigenvalue weighted by molar-refractivity contribution is 7.78. The zero-order valence-electron chi connectivity index (χ0n) is 17.9. The molecule has 2 atom stereocenters. The fourth-order valence-electron chi connectivity index (χ4n) is 6.02. The monoisotopic (exact) mass is 449 g/mol. The molecule has 0 amide bonds. The van der Waals surface area contributed by atoms with Gasteiger partial charge in [-0.05, 0) is 68.5 Å². The third-order valence-corrected chi connectivity index (χ3v) is 7.85. The van der Waals surface area contributed by atoms with Crippen LogP contribution in [0.15, 0.2) is 4.99 Å². The van der Waals surface area contributed by atoms with Gasteiger partial charge in [0.05, 0.1) is 17.2 Å². The lowest BCUT2D eigenvalue weighted by atomic mass is 9.68. The molecule has 2 unspecified atom stereocenters. The second-order valence-electron chi connectivity index (χ2n) is 9.70.